The normalized spacial score (nSPS) is 13.8. The molecule has 47 heavy (non-hydrogen) atoms. The van der Waals surface area contributed by atoms with Crippen LogP contribution < -0.4 is 10.5 Å². The average molecular weight is 636 g/mol. The van der Waals surface area contributed by atoms with Gasteiger partial charge in [0.15, 0.2) is 0 Å². The van der Waals surface area contributed by atoms with E-state index in [2.05, 4.69) is 64.8 Å². The average Bonchev–Trinajstić information content (AvgIpc) is 3.38. The predicted octanol–water partition coefficient (Wildman–Crippen LogP) is 6.64. The van der Waals surface area contributed by atoms with Crippen molar-refractivity contribution in [1.82, 2.24) is 19.7 Å². The van der Waals surface area contributed by atoms with E-state index in [4.69, 9.17) is 25.0 Å². The summed E-state index contributed by atoms with van der Waals surface area (Å²) in [7, 11) is 1.65. The number of methoxy groups -OCH3 is 1. The molecule has 0 saturated carbocycles. The van der Waals surface area contributed by atoms with E-state index in [1.807, 2.05) is 31.2 Å². The van der Waals surface area contributed by atoms with E-state index in [0.717, 1.165) is 75.8 Å². The standard InChI is InChI=1S/C38H45N5O4/c1-5-46-37(44)19-31-16-26(23-45-4)6-11-36(31)47-24-34-33-18-30(29-8-7-28-12-14-40-38(39)32(28)17-29)9-10-35(33)43(41-34)22-27-20-42(21-27)15-13-25(2)3/h6-12,14,16-18,25,27H,5,13,15,19-24H2,1-4H3,(H2,39,40). The molecule has 3 aromatic carbocycles. The number of carbonyl (C=O) groups excluding carboxylic acids is 1. The summed E-state index contributed by atoms with van der Waals surface area (Å²) in [5.41, 5.74) is 12.0. The molecule has 0 bridgehead atoms. The molecule has 9 heteroatoms. The van der Waals surface area contributed by atoms with Crippen LogP contribution in [-0.2, 0) is 40.4 Å². The van der Waals surface area contributed by atoms with Crippen LogP contribution in [0.5, 0.6) is 5.75 Å². The van der Waals surface area contributed by atoms with Gasteiger partial charge < -0.3 is 24.8 Å². The maximum Gasteiger partial charge on any atom is 0.310 e. The molecule has 0 aliphatic carbocycles. The molecule has 1 aliphatic rings. The van der Waals surface area contributed by atoms with E-state index in [1.54, 1.807) is 13.3 Å². The highest BCUT2D eigenvalue weighted by molar-refractivity contribution is 5.95. The topological polar surface area (TPSA) is 105 Å². The highest BCUT2D eigenvalue weighted by Gasteiger charge is 2.28. The Morgan fingerprint density at radius 2 is 1.79 bits per heavy atom. The smallest absolute Gasteiger partial charge is 0.310 e. The van der Waals surface area contributed by atoms with Crippen molar-refractivity contribution in [3.63, 3.8) is 0 Å². The van der Waals surface area contributed by atoms with Crippen LogP contribution in [0.3, 0.4) is 0 Å². The summed E-state index contributed by atoms with van der Waals surface area (Å²) >= 11 is 0. The zero-order valence-electron chi connectivity index (χ0n) is 27.9. The number of anilines is 1. The molecule has 2 N–H and O–H groups in total. The number of rotatable bonds is 14. The van der Waals surface area contributed by atoms with E-state index in [1.165, 1.54) is 6.42 Å². The van der Waals surface area contributed by atoms with Crippen molar-refractivity contribution >= 4 is 33.5 Å². The number of hydrogen-bond donors (Lipinski definition) is 1. The van der Waals surface area contributed by atoms with Gasteiger partial charge in [0.2, 0.25) is 0 Å². The van der Waals surface area contributed by atoms with Gasteiger partial charge in [-0.1, -0.05) is 38.1 Å². The number of nitrogens with two attached hydrogens (primary N) is 1. The number of carbonyl (C=O) groups is 1. The number of esters is 1. The molecule has 2 aromatic heterocycles. The van der Waals surface area contributed by atoms with Gasteiger partial charge in [-0.25, -0.2) is 4.98 Å². The zero-order valence-corrected chi connectivity index (χ0v) is 27.9. The lowest BCUT2D eigenvalue weighted by Crippen LogP contribution is -2.48. The first-order chi connectivity index (χ1) is 22.8. The summed E-state index contributed by atoms with van der Waals surface area (Å²) in [6.45, 7) is 11.6. The van der Waals surface area contributed by atoms with Gasteiger partial charge in [0, 0.05) is 55.2 Å². The highest BCUT2D eigenvalue weighted by Crippen LogP contribution is 2.32. The Morgan fingerprint density at radius 1 is 1.00 bits per heavy atom. The third-order valence-electron chi connectivity index (χ3n) is 8.88. The molecule has 6 rings (SSSR count). The van der Waals surface area contributed by atoms with E-state index in [0.29, 0.717) is 36.6 Å². The molecule has 0 unspecified atom stereocenters. The van der Waals surface area contributed by atoms with Crippen LogP contribution in [0, 0.1) is 11.8 Å². The zero-order chi connectivity index (χ0) is 32.9. The van der Waals surface area contributed by atoms with Gasteiger partial charge >= 0.3 is 5.97 Å². The summed E-state index contributed by atoms with van der Waals surface area (Å²) in [5.74, 6) is 2.13. The largest absolute Gasteiger partial charge is 0.487 e. The Labute approximate surface area is 276 Å². The third kappa shape index (κ3) is 7.58. The first-order valence-corrected chi connectivity index (χ1v) is 16.6. The summed E-state index contributed by atoms with van der Waals surface area (Å²) in [5, 5.41) is 8.16. The fraction of sp³-hybridized carbons (Fsp3) is 0.395. The van der Waals surface area contributed by atoms with Gasteiger partial charge in [-0.3, -0.25) is 9.48 Å². The minimum atomic E-state index is -0.291. The maximum atomic E-state index is 12.5. The quantitative estimate of drug-likeness (QED) is 0.135. The van der Waals surface area contributed by atoms with E-state index in [9.17, 15) is 4.79 Å². The van der Waals surface area contributed by atoms with E-state index in [-0.39, 0.29) is 19.0 Å². The van der Waals surface area contributed by atoms with Crippen LogP contribution in [0.2, 0.25) is 0 Å². The number of pyridine rings is 1. The second kappa shape index (κ2) is 14.5. The minimum Gasteiger partial charge on any atom is -0.487 e. The predicted molar refractivity (Wildman–Crippen MR) is 186 cm³/mol. The molecule has 3 heterocycles. The van der Waals surface area contributed by atoms with Gasteiger partial charge in [0.05, 0.1) is 25.2 Å². The molecule has 1 fully saturated rings. The fourth-order valence-corrected chi connectivity index (χ4v) is 6.38. The second-order valence-corrected chi connectivity index (χ2v) is 12.9. The Morgan fingerprint density at radius 3 is 2.55 bits per heavy atom. The first kappa shape index (κ1) is 32.5. The van der Waals surface area contributed by atoms with Gasteiger partial charge in [-0.15, -0.1) is 0 Å². The highest BCUT2D eigenvalue weighted by atomic mass is 16.5. The molecule has 9 nitrogen and oxygen atoms in total. The van der Waals surface area contributed by atoms with E-state index >= 15 is 0 Å². The number of hydrogen-bond acceptors (Lipinski definition) is 8. The monoisotopic (exact) mass is 635 g/mol. The molecule has 5 aromatic rings. The van der Waals surface area contributed by atoms with Crippen LogP contribution in [0.4, 0.5) is 5.82 Å². The third-order valence-corrected chi connectivity index (χ3v) is 8.88. The van der Waals surface area contributed by atoms with Crippen molar-refractivity contribution in [1.29, 1.82) is 0 Å². The number of ether oxygens (including phenoxy) is 3. The minimum absolute atomic E-state index is 0.120. The first-order valence-electron chi connectivity index (χ1n) is 16.6. The number of nitrogens with zero attached hydrogens (tertiary/aromatic N) is 4. The molecule has 1 aliphatic heterocycles. The van der Waals surface area contributed by atoms with Gasteiger partial charge in [0.25, 0.3) is 0 Å². The number of benzene rings is 3. The van der Waals surface area contributed by atoms with Gasteiger partial charge in [-0.05, 0) is 84.3 Å². The van der Waals surface area contributed by atoms with Gasteiger partial charge in [-0.2, -0.15) is 5.10 Å². The Hall–Kier alpha value is -4.47. The number of aromatic nitrogens is 3. The van der Waals surface area contributed by atoms with Crippen molar-refractivity contribution in [3.05, 3.63) is 83.7 Å². The Balaban J connectivity index is 1.31. The summed E-state index contributed by atoms with van der Waals surface area (Å²) < 4.78 is 19.2. The summed E-state index contributed by atoms with van der Waals surface area (Å²) in [6, 6.07) is 20.6. The summed E-state index contributed by atoms with van der Waals surface area (Å²) in [6.07, 6.45) is 3.08. The molecule has 0 amide bonds. The van der Waals surface area contributed by atoms with Crippen LogP contribution >= 0.6 is 0 Å². The molecule has 0 radical (unpaired) electrons. The van der Waals surface area contributed by atoms with Gasteiger partial charge in [0.1, 0.15) is 23.9 Å². The second-order valence-electron chi connectivity index (χ2n) is 12.9. The van der Waals surface area contributed by atoms with Crippen LogP contribution in [0.25, 0.3) is 32.8 Å². The van der Waals surface area contributed by atoms with Crippen molar-refractivity contribution in [2.75, 3.05) is 39.1 Å². The number of nitrogen functional groups attached to an aromatic ring is 1. The molecule has 0 atom stereocenters. The fourth-order valence-electron chi connectivity index (χ4n) is 6.38. The number of fused-ring (bicyclic) bond motifs is 2. The lowest BCUT2D eigenvalue weighted by atomic mass is 9.98. The molecule has 0 spiro atoms. The molecular formula is C38H45N5O4. The summed E-state index contributed by atoms with van der Waals surface area (Å²) in [4.78, 5) is 19.3. The SMILES string of the molecule is CCOC(=O)Cc1cc(COC)ccc1OCc1nn(CC2CN(CCC(C)C)C2)c2ccc(-c3ccc4ccnc(N)c4c3)cc12. The maximum absolute atomic E-state index is 12.5. The molecule has 1 saturated heterocycles. The molecule has 246 valence electrons. The van der Waals surface area contributed by atoms with Crippen molar-refractivity contribution in [2.24, 2.45) is 11.8 Å². The Bertz CT molecular complexity index is 1860. The van der Waals surface area contributed by atoms with E-state index < -0.39 is 0 Å². The van der Waals surface area contributed by atoms with Crippen LogP contribution in [0.1, 0.15) is 44.0 Å². The van der Waals surface area contributed by atoms with Crippen LogP contribution in [0.15, 0.2) is 66.9 Å². The lowest BCUT2D eigenvalue weighted by molar-refractivity contribution is -0.142. The van der Waals surface area contributed by atoms with Crippen LogP contribution in [-0.4, -0.2) is 59.0 Å². The number of likely N-dealkylation sites (tertiary alicyclic amines) is 1. The van der Waals surface area contributed by atoms with Crippen molar-refractivity contribution in [2.45, 2.75) is 53.4 Å². The van der Waals surface area contributed by atoms with Crippen molar-refractivity contribution < 1.29 is 19.0 Å². The van der Waals surface area contributed by atoms with Crippen molar-refractivity contribution in [3.8, 4) is 16.9 Å². The molecular weight excluding hydrogens is 590 g/mol. The Kier molecular flexibility index (Phi) is 10.0. The lowest BCUT2D eigenvalue weighted by Gasteiger charge is -2.39.